The molecule has 0 bridgehead atoms. The zero-order valence-corrected chi connectivity index (χ0v) is 5.02. The van der Waals surface area contributed by atoms with Gasteiger partial charge in [-0.15, -0.1) is 0 Å². The molecule has 1 aliphatic rings. The Morgan fingerprint density at radius 2 is 1.57 bits per heavy atom. The van der Waals surface area contributed by atoms with Crippen LogP contribution in [0.3, 0.4) is 0 Å². The highest BCUT2D eigenvalue weighted by molar-refractivity contribution is 4.98. The van der Waals surface area contributed by atoms with Gasteiger partial charge in [0.15, 0.2) is 0 Å². The van der Waals surface area contributed by atoms with Crippen LogP contribution >= 0.6 is 0 Å². The fourth-order valence-electron chi connectivity index (χ4n) is 1.12. The van der Waals surface area contributed by atoms with Crippen molar-refractivity contribution in [2.24, 2.45) is 11.8 Å². The van der Waals surface area contributed by atoms with E-state index in [1.165, 1.54) is 6.42 Å². The lowest BCUT2D eigenvalue weighted by molar-refractivity contribution is 0.591. The molecule has 0 saturated carbocycles. The predicted octanol–water partition coefficient (Wildman–Crippen LogP) is 2.22. The van der Waals surface area contributed by atoms with Gasteiger partial charge >= 0.3 is 0 Å². The molecule has 0 saturated heterocycles. The first-order valence-electron chi connectivity index (χ1n) is 2.97. The monoisotopic (exact) mass is 96.1 g/mol. The second-order valence-electron chi connectivity index (χ2n) is 2.58. The molecule has 0 radical (unpaired) electrons. The number of rotatable bonds is 0. The standard InChI is InChI=1S/C7H12/c1-6-3-4-7(2)5-6/h3-4,6-7H,5H2,1-2H3/t6-,7?/m0/s1. The molecule has 0 aromatic carbocycles. The van der Waals surface area contributed by atoms with Gasteiger partial charge < -0.3 is 0 Å². The van der Waals surface area contributed by atoms with Crippen LogP contribution in [0.1, 0.15) is 20.3 Å². The molecule has 1 rings (SSSR count). The van der Waals surface area contributed by atoms with Gasteiger partial charge in [0.1, 0.15) is 0 Å². The highest BCUT2D eigenvalue weighted by atomic mass is 14.1. The molecule has 7 heavy (non-hydrogen) atoms. The van der Waals surface area contributed by atoms with Gasteiger partial charge in [0.25, 0.3) is 0 Å². The van der Waals surface area contributed by atoms with Gasteiger partial charge in [-0.05, 0) is 18.3 Å². The summed E-state index contributed by atoms with van der Waals surface area (Å²) < 4.78 is 0. The van der Waals surface area contributed by atoms with Crippen LogP contribution in [0.4, 0.5) is 0 Å². The molecule has 0 heteroatoms. The van der Waals surface area contributed by atoms with Gasteiger partial charge in [0.05, 0.1) is 0 Å². The fraction of sp³-hybridized carbons (Fsp3) is 0.714. The first-order valence-corrected chi connectivity index (χ1v) is 2.97. The van der Waals surface area contributed by atoms with E-state index in [2.05, 4.69) is 26.0 Å². The first-order chi connectivity index (χ1) is 3.29. The van der Waals surface area contributed by atoms with Gasteiger partial charge in [-0.2, -0.15) is 0 Å². The highest BCUT2D eigenvalue weighted by Gasteiger charge is 2.08. The Bertz CT molecular complexity index is 72.0. The molecule has 0 amide bonds. The zero-order valence-electron chi connectivity index (χ0n) is 5.02. The van der Waals surface area contributed by atoms with E-state index in [0.29, 0.717) is 0 Å². The third-order valence-corrected chi connectivity index (χ3v) is 1.51. The Morgan fingerprint density at radius 3 is 1.71 bits per heavy atom. The predicted molar refractivity (Wildman–Crippen MR) is 32.1 cm³/mol. The Kier molecular flexibility index (Phi) is 1.18. The van der Waals surface area contributed by atoms with Crippen LogP contribution in [0.15, 0.2) is 12.2 Å². The summed E-state index contributed by atoms with van der Waals surface area (Å²) in [6, 6.07) is 0. The minimum Gasteiger partial charge on any atom is -0.0854 e. The Balaban J connectivity index is 2.42. The lowest BCUT2D eigenvalue weighted by atomic mass is 10.1. The second-order valence-corrected chi connectivity index (χ2v) is 2.58. The van der Waals surface area contributed by atoms with Gasteiger partial charge in [0.2, 0.25) is 0 Å². The molecular weight excluding hydrogens is 84.1 g/mol. The normalized spacial score (nSPS) is 39.7. The summed E-state index contributed by atoms with van der Waals surface area (Å²) in [5.41, 5.74) is 0. The third kappa shape index (κ3) is 1.05. The maximum atomic E-state index is 2.30. The van der Waals surface area contributed by atoms with Crippen LogP contribution in [0.2, 0.25) is 0 Å². The fourth-order valence-corrected chi connectivity index (χ4v) is 1.12. The minimum atomic E-state index is 0.843. The summed E-state index contributed by atoms with van der Waals surface area (Å²) in [5.74, 6) is 1.69. The quantitative estimate of drug-likeness (QED) is 0.406. The largest absolute Gasteiger partial charge is 0.0854 e. The average Bonchev–Trinajstić information content (AvgIpc) is 1.87. The molecule has 0 spiro atoms. The van der Waals surface area contributed by atoms with Crippen molar-refractivity contribution < 1.29 is 0 Å². The molecule has 0 heterocycles. The van der Waals surface area contributed by atoms with Crippen LogP contribution in [0.25, 0.3) is 0 Å². The molecule has 0 fully saturated rings. The van der Waals surface area contributed by atoms with Crippen LogP contribution in [-0.2, 0) is 0 Å². The van der Waals surface area contributed by atoms with Gasteiger partial charge in [0, 0.05) is 0 Å². The summed E-state index contributed by atoms with van der Waals surface area (Å²) in [7, 11) is 0. The molecule has 0 aromatic rings. The van der Waals surface area contributed by atoms with E-state index in [1.54, 1.807) is 0 Å². The highest BCUT2D eigenvalue weighted by Crippen LogP contribution is 2.21. The zero-order chi connectivity index (χ0) is 5.28. The van der Waals surface area contributed by atoms with Crippen LogP contribution < -0.4 is 0 Å². The van der Waals surface area contributed by atoms with Crippen molar-refractivity contribution in [1.29, 1.82) is 0 Å². The van der Waals surface area contributed by atoms with Crippen molar-refractivity contribution in [1.82, 2.24) is 0 Å². The molecule has 1 unspecified atom stereocenters. The van der Waals surface area contributed by atoms with Gasteiger partial charge in [-0.1, -0.05) is 26.0 Å². The van der Waals surface area contributed by atoms with E-state index in [4.69, 9.17) is 0 Å². The van der Waals surface area contributed by atoms with E-state index in [9.17, 15) is 0 Å². The van der Waals surface area contributed by atoms with Gasteiger partial charge in [-0.25, -0.2) is 0 Å². The summed E-state index contributed by atoms with van der Waals surface area (Å²) in [4.78, 5) is 0. The molecule has 0 nitrogen and oxygen atoms in total. The lowest BCUT2D eigenvalue weighted by Crippen LogP contribution is -1.86. The maximum Gasteiger partial charge on any atom is -0.0256 e. The van der Waals surface area contributed by atoms with E-state index < -0.39 is 0 Å². The number of hydrogen-bond acceptors (Lipinski definition) is 0. The van der Waals surface area contributed by atoms with Crippen molar-refractivity contribution in [2.45, 2.75) is 20.3 Å². The van der Waals surface area contributed by atoms with Crippen LogP contribution in [-0.4, -0.2) is 0 Å². The SMILES string of the molecule is CC1C=C[C@H](C)C1. The number of hydrogen-bond donors (Lipinski definition) is 0. The minimum absolute atomic E-state index is 0.843. The molecule has 0 N–H and O–H groups in total. The summed E-state index contributed by atoms with van der Waals surface area (Å²) in [5, 5.41) is 0. The molecule has 1 aliphatic carbocycles. The van der Waals surface area contributed by atoms with Crippen molar-refractivity contribution >= 4 is 0 Å². The Labute approximate surface area is 45.2 Å². The van der Waals surface area contributed by atoms with E-state index >= 15 is 0 Å². The van der Waals surface area contributed by atoms with Crippen LogP contribution in [0.5, 0.6) is 0 Å². The first kappa shape index (κ1) is 4.89. The van der Waals surface area contributed by atoms with Crippen molar-refractivity contribution in [3.05, 3.63) is 12.2 Å². The second kappa shape index (κ2) is 1.69. The Hall–Kier alpha value is -0.260. The van der Waals surface area contributed by atoms with Crippen molar-refractivity contribution in [3.8, 4) is 0 Å². The number of allylic oxidation sites excluding steroid dienone is 2. The smallest absolute Gasteiger partial charge is 0.0256 e. The van der Waals surface area contributed by atoms with Gasteiger partial charge in [-0.3, -0.25) is 0 Å². The maximum absolute atomic E-state index is 2.30. The molecule has 0 aromatic heterocycles. The molecule has 2 atom stereocenters. The molecular formula is C7H12. The van der Waals surface area contributed by atoms with E-state index in [-0.39, 0.29) is 0 Å². The van der Waals surface area contributed by atoms with Crippen molar-refractivity contribution in [3.63, 3.8) is 0 Å². The summed E-state index contributed by atoms with van der Waals surface area (Å²) in [6.45, 7) is 4.53. The third-order valence-electron chi connectivity index (χ3n) is 1.51. The van der Waals surface area contributed by atoms with E-state index in [0.717, 1.165) is 11.8 Å². The van der Waals surface area contributed by atoms with Crippen molar-refractivity contribution in [2.75, 3.05) is 0 Å². The summed E-state index contributed by atoms with van der Waals surface area (Å²) in [6.07, 6.45) is 5.95. The molecule has 0 aliphatic heterocycles. The van der Waals surface area contributed by atoms with E-state index in [1.807, 2.05) is 0 Å². The average molecular weight is 96.2 g/mol. The lowest BCUT2D eigenvalue weighted by Gasteiger charge is -1.97. The van der Waals surface area contributed by atoms with Crippen LogP contribution in [0, 0.1) is 11.8 Å². The summed E-state index contributed by atoms with van der Waals surface area (Å²) >= 11 is 0. The molecule has 40 valence electrons. The topological polar surface area (TPSA) is 0 Å². The Morgan fingerprint density at radius 1 is 1.14 bits per heavy atom.